The summed E-state index contributed by atoms with van der Waals surface area (Å²) in [6, 6.07) is 5.82. The zero-order valence-corrected chi connectivity index (χ0v) is 10.4. The molecule has 1 aromatic carbocycles. The Hall–Kier alpha value is -1.31. The maximum atomic E-state index is 5.51. The summed E-state index contributed by atoms with van der Waals surface area (Å²) < 4.78 is 1.00. The fraction of sp³-hybridized carbons (Fsp3) is 0.111. The number of hydrogen-bond acceptors (Lipinski definition) is 1. The monoisotopic (exact) mass is 317 g/mol. The van der Waals surface area contributed by atoms with E-state index in [0.717, 1.165) is 9.26 Å². The summed E-state index contributed by atoms with van der Waals surface area (Å²) in [5.74, 6) is -0.0462. The van der Waals surface area contributed by atoms with Gasteiger partial charge in [0, 0.05) is 3.57 Å². The van der Waals surface area contributed by atoms with Crippen molar-refractivity contribution < 1.29 is 0 Å². The molecule has 0 unspecified atom stereocenters. The Kier molecular flexibility index (Phi) is 3.89. The Bertz CT molecular complexity index is 421. The van der Waals surface area contributed by atoms with E-state index in [4.69, 9.17) is 17.2 Å². The molecule has 0 aliphatic heterocycles. The molecular weight excluding hydrogens is 305 g/mol. The smallest absolute Gasteiger partial charge is 0.223 e. The molecule has 0 bridgehead atoms. The molecule has 0 fully saturated rings. The molecule has 5 nitrogen and oxygen atoms in total. The Morgan fingerprint density at radius 3 is 2.47 bits per heavy atom. The number of rotatable bonds is 1. The highest BCUT2D eigenvalue weighted by Gasteiger charge is 1.99. The summed E-state index contributed by atoms with van der Waals surface area (Å²) in [5.41, 5.74) is 17.8. The zero-order valence-electron chi connectivity index (χ0n) is 8.24. The zero-order chi connectivity index (χ0) is 11.4. The van der Waals surface area contributed by atoms with Crippen LogP contribution in [0.25, 0.3) is 0 Å². The number of benzene rings is 1. The van der Waals surface area contributed by atoms with Gasteiger partial charge in [-0.25, -0.2) is 4.99 Å². The van der Waals surface area contributed by atoms with Gasteiger partial charge in [0.15, 0.2) is 5.96 Å². The molecule has 1 aromatic rings. The molecule has 15 heavy (non-hydrogen) atoms. The fourth-order valence-corrected chi connectivity index (χ4v) is 1.77. The van der Waals surface area contributed by atoms with Gasteiger partial charge < -0.3 is 17.2 Å². The van der Waals surface area contributed by atoms with Crippen LogP contribution in [0, 0.1) is 10.5 Å². The average Bonchev–Trinajstić information content (AvgIpc) is 2.08. The van der Waals surface area contributed by atoms with Crippen molar-refractivity contribution in [1.82, 2.24) is 0 Å². The van der Waals surface area contributed by atoms with Crippen molar-refractivity contribution in [2.45, 2.75) is 6.92 Å². The third kappa shape index (κ3) is 3.74. The van der Waals surface area contributed by atoms with Crippen molar-refractivity contribution in [3.05, 3.63) is 27.3 Å². The molecule has 0 atom stereocenters. The maximum Gasteiger partial charge on any atom is 0.223 e. The van der Waals surface area contributed by atoms with Crippen molar-refractivity contribution >= 4 is 40.2 Å². The van der Waals surface area contributed by atoms with Crippen molar-refractivity contribution in [3.8, 4) is 0 Å². The molecule has 0 heterocycles. The van der Waals surface area contributed by atoms with Gasteiger partial charge in [0.1, 0.15) is 0 Å². The number of aliphatic imine (C=N–C) groups is 2. The van der Waals surface area contributed by atoms with Gasteiger partial charge in [0.05, 0.1) is 5.69 Å². The van der Waals surface area contributed by atoms with E-state index in [2.05, 4.69) is 32.6 Å². The molecule has 1 rings (SSSR count). The highest BCUT2D eigenvalue weighted by atomic mass is 127. The van der Waals surface area contributed by atoms with Crippen LogP contribution in [-0.4, -0.2) is 11.9 Å². The van der Waals surface area contributed by atoms with Gasteiger partial charge in [-0.05, 0) is 47.2 Å². The molecule has 0 saturated heterocycles. The molecule has 0 saturated carbocycles. The first-order valence-electron chi connectivity index (χ1n) is 4.19. The second kappa shape index (κ2) is 4.96. The molecule has 0 aliphatic rings. The molecular formula is C9H12IN5. The normalized spacial score (nSPS) is 11.2. The summed E-state index contributed by atoms with van der Waals surface area (Å²) in [5, 5.41) is 0. The summed E-state index contributed by atoms with van der Waals surface area (Å²) in [4.78, 5) is 7.71. The molecule has 0 aliphatic carbocycles. The van der Waals surface area contributed by atoms with E-state index < -0.39 is 0 Å². The van der Waals surface area contributed by atoms with E-state index in [1.165, 1.54) is 5.56 Å². The van der Waals surface area contributed by atoms with Crippen LogP contribution in [0.1, 0.15) is 5.56 Å². The topological polar surface area (TPSA) is 103 Å². The SMILES string of the molecule is Cc1ccc(N=C(N)N=C(N)N)c(I)c1. The molecule has 6 heteroatoms. The van der Waals surface area contributed by atoms with Gasteiger partial charge >= 0.3 is 0 Å². The number of hydrogen-bond donors (Lipinski definition) is 3. The van der Waals surface area contributed by atoms with Crippen LogP contribution in [0.3, 0.4) is 0 Å². The highest BCUT2D eigenvalue weighted by molar-refractivity contribution is 14.1. The van der Waals surface area contributed by atoms with Crippen LogP contribution in [0.4, 0.5) is 5.69 Å². The molecule has 0 aromatic heterocycles. The van der Waals surface area contributed by atoms with Gasteiger partial charge in [0.25, 0.3) is 0 Å². The summed E-state index contributed by atoms with van der Waals surface area (Å²) in [6.07, 6.45) is 0. The Morgan fingerprint density at radius 2 is 1.93 bits per heavy atom. The van der Waals surface area contributed by atoms with Gasteiger partial charge in [0.2, 0.25) is 5.96 Å². The number of nitrogens with two attached hydrogens (primary N) is 3. The summed E-state index contributed by atoms with van der Waals surface area (Å²) >= 11 is 2.18. The number of halogens is 1. The Balaban J connectivity index is 3.03. The van der Waals surface area contributed by atoms with Crippen LogP contribution >= 0.6 is 22.6 Å². The minimum Gasteiger partial charge on any atom is -0.370 e. The number of nitrogens with zero attached hydrogens (tertiary/aromatic N) is 2. The largest absolute Gasteiger partial charge is 0.370 e. The van der Waals surface area contributed by atoms with E-state index in [0.29, 0.717) is 0 Å². The lowest BCUT2D eigenvalue weighted by molar-refractivity contribution is 1.35. The maximum absolute atomic E-state index is 5.51. The quantitative estimate of drug-likeness (QED) is 0.406. The minimum absolute atomic E-state index is 0.0526. The lowest BCUT2D eigenvalue weighted by atomic mass is 10.2. The van der Waals surface area contributed by atoms with Crippen LogP contribution in [-0.2, 0) is 0 Å². The van der Waals surface area contributed by atoms with Gasteiger partial charge in [-0.2, -0.15) is 4.99 Å². The minimum atomic E-state index is -0.0987. The summed E-state index contributed by atoms with van der Waals surface area (Å²) in [7, 11) is 0. The van der Waals surface area contributed by atoms with Crippen LogP contribution < -0.4 is 17.2 Å². The van der Waals surface area contributed by atoms with Crippen LogP contribution in [0.2, 0.25) is 0 Å². The van der Waals surface area contributed by atoms with Gasteiger partial charge in [-0.3, -0.25) is 0 Å². The first-order valence-corrected chi connectivity index (χ1v) is 5.27. The van der Waals surface area contributed by atoms with Crippen molar-refractivity contribution in [3.63, 3.8) is 0 Å². The Labute approximate surface area is 102 Å². The predicted molar refractivity (Wildman–Crippen MR) is 71.0 cm³/mol. The van der Waals surface area contributed by atoms with Crippen molar-refractivity contribution in [2.75, 3.05) is 0 Å². The standard InChI is InChI=1S/C9H12IN5/c1-5-2-3-7(6(10)4-5)14-9(13)15-8(11)12/h2-4H,1H3,(H6,11,12,13,14,15). The first-order chi connectivity index (χ1) is 6.99. The van der Waals surface area contributed by atoms with E-state index in [9.17, 15) is 0 Å². The molecule has 80 valence electrons. The van der Waals surface area contributed by atoms with Crippen LogP contribution in [0.15, 0.2) is 28.2 Å². The lowest BCUT2D eigenvalue weighted by Gasteiger charge is -2.00. The molecule has 6 N–H and O–H groups in total. The number of aryl methyl sites for hydroxylation is 1. The lowest BCUT2D eigenvalue weighted by Crippen LogP contribution is -2.26. The van der Waals surface area contributed by atoms with E-state index in [1.54, 1.807) is 0 Å². The predicted octanol–water partition coefficient (Wildman–Crippen LogP) is 0.819. The van der Waals surface area contributed by atoms with E-state index >= 15 is 0 Å². The van der Waals surface area contributed by atoms with Gasteiger partial charge in [-0.1, -0.05) is 6.07 Å². The highest BCUT2D eigenvalue weighted by Crippen LogP contribution is 2.22. The average molecular weight is 317 g/mol. The molecule has 0 spiro atoms. The molecule has 0 radical (unpaired) electrons. The Morgan fingerprint density at radius 1 is 1.27 bits per heavy atom. The molecule has 0 amide bonds. The van der Waals surface area contributed by atoms with Crippen molar-refractivity contribution in [2.24, 2.45) is 27.2 Å². The van der Waals surface area contributed by atoms with Crippen LogP contribution in [0.5, 0.6) is 0 Å². The second-order valence-corrected chi connectivity index (χ2v) is 4.12. The van der Waals surface area contributed by atoms with Gasteiger partial charge in [-0.15, -0.1) is 0 Å². The second-order valence-electron chi connectivity index (χ2n) is 2.96. The third-order valence-electron chi connectivity index (χ3n) is 1.58. The van der Waals surface area contributed by atoms with Crippen molar-refractivity contribution in [1.29, 1.82) is 0 Å². The third-order valence-corrected chi connectivity index (χ3v) is 2.45. The first kappa shape index (κ1) is 11.8. The van der Waals surface area contributed by atoms with E-state index in [-0.39, 0.29) is 11.9 Å². The fourth-order valence-electron chi connectivity index (χ4n) is 0.983. The van der Waals surface area contributed by atoms with E-state index in [1.807, 2.05) is 25.1 Å². The number of guanidine groups is 2. The summed E-state index contributed by atoms with van der Waals surface area (Å²) in [6.45, 7) is 2.01.